The van der Waals surface area contributed by atoms with E-state index in [9.17, 15) is 19.2 Å². The molecule has 0 fully saturated rings. The van der Waals surface area contributed by atoms with Crippen molar-refractivity contribution in [3.63, 3.8) is 0 Å². The minimum atomic E-state index is -1.12. The van der Waals surface area contributed by atoms with Gasteiger partial charge in [0.25, 0.3) is 5.56 Å². The molecule has 1 aromatic rings. The number of hydrogen-bond acceptors (Lipinski definition) is 4. The van der Waals surface area contributed by atoms with Gasteiger partial charge in [-0.05, 0) is 12.3 Å². The van der Waals surface area contributed by atoms with Crippen LogP contribution in [0.2, 0.25) is 0 Å². The summed E-state index contributed by atoms with van der Waals surface area (Å²) in [5.74, 6) is -1.61. The van der Waals surface area contributed by atoms with E-state index in [1.165, 1.54) is 13.2 Å². The van der Waals surface area contributed by atoms with Crippen molar-refractivity contribution in [3.8, 4) is 0 Å². The number of carboxylic acids is 1. The summed E-state index contributed by atoms with van der Waals surface area (Å²) in [6.07, 6.45) is 1.51. The lowest BCUT2D eigenvalue weighted by Gasteiger charge is -2.16. The van der Waals surface area contributed by atoms with Crippen LogP contribution in [0.15, 0.2) is 21.9 Å². The third-order valence-electron chi connectivity index (χ3n) is 2.91. The second-order valence-corrected chi connectivity index (χ2v) is 5.21. The van der Waals surface area contributed by atoms with E-state index in [4.69, 9.17) is 5.11 Å². The Kier molecular flexibility index (Phi) is 5.45. The predicted molar refractivity (Wildman–Crippen MR) is 75.0 cm³/mol. The summed E-state index contributed by atoms with van der Waals surface area (Å²) in [6, 6.07) is 0.165. The van der Waals surface area contributed by atoms with Crippen molar-refractivity contribution < 1.29 is 14.7 Å². The quantitative estimate of drug-likeness (QED) is 0.711. The van der Waals surface area contributed by atoms with Gasteiger partial charge in [-0.1, -0.05) is 13.8 Å². The van der Waals surface area contributed by atoms with Crippen LogP contribution in [0, 0.1) is 5.92 Å². The van der Waals surface area contributed by atoms with Crippen LogP contribution in [0.1, 0.15) is 20.3 Å². The van der Waals surface area contributed by atoms with Gasteiger partial charge in [-0.2, -0.15) is 0 Å². The SMILES string of the molecule is CC(C)C[C@H](NC(=O)Cn1ccc(=O)n(C)c1=O)C(=O)O. The molecule has 1 rings (SSSR count). The minimum absolute atomic E-state index is 0.103. The molecule has 8 nitrogen and oxygen atoms in total. The van der Waals surface area contributed by atoms with Crippen LogP contribution in [0.25, 0.3) is 0 Å². The van der Waals surface area contributed by atoms with Crippen LogP contribution in [0.3, 0.4) is 0 Å². The van der Waals surface area contributed by atoms with E-state index in [0.717, 1.165) is 15.2 Å². The zero-order valence-electron chi connectivity index (χ0n) is 12.2. The molecule has 0 saturated heterocycles. The molecular weight excluding hydrogens is 278 g/mol. The van der Waals surface area contributed by atoms with Crippen LogP contribution in [-0.2, 0) is 23.2 Å². The van der Waals surface area contributed by atoms with Crippen molar-refractivity contribution in [1.82, 2.24) is 14.5 Å². The molecule has 0 bridgehead atoms. The first kappa shape index (κ1) is 16.7. The van der Waals surface area contributed by atoms with Crippen molar-refractivity contribution in [2.24, 2.45) is 13.0 Å². The fourth-order valence-corrected chi connectivity index (χ4v) is 1.82. The maximum absolute atomic E-state index is 11.8. The van der Waals surface area contributed by atoms with Gasteiger partial charge < -0.3 is 10.4 Å². The standard InChI is InChI=1S/C13H19N3O5/c1-8(2)6-9(12(19)20)14-10(17)7-16-5-4-11(18)15(3)13(16)21/h4-5,8-9H,6-7H2,1-3H3,(H,14,17)(H,19,20)/t9-/m0/s1. The van der Waals surface area contributed by atoms with Gasteiger partial charge in [0.05, 0.1) is 0 Å². The Balaban J connectivity index is 2.82. The van der Waals surface area contributed by atoms with E-state index >= 15 is 0 Å². The topological polar surface area (TPSA) is 110 Å². The van der Waals surface area contributed by atoms with Crippen molar-refractivity contribution in [3.05, 3.63) is 33.1 Å². The summed E-state index contributed by atoms with van der Waals surface area (Å²) in [5.41, 5.74) is -1.10. The Bertz CT molecular complexity index is 644. The van der Waals surface area contributed by atoms with Gasteiger partial charge in [0, 0.05) is 19.3 Å². The van der Waals surface area contributed by atoms with Crippen molar-refractivity contribution in [1.29, 1.82) is 0 Å². The van der Waals surface area contributed by atoms with Gasteiger partial charge in [0.1, 0.15) is 12.6 Å². The summed E-state index contributed by atoms with van der Waals surface area (Å²) in [7, 11) is 1.30. The van der Waals surface area contributed by atoms with Gasteiger partial charge in [-0.15, -0.1) is 0 Å². The fourth-order valence-electron chi connectivity index (χ4n) is 1.82. The molecule has 1 amide bonds. The van der Waals surface area contributed by atoms with Crippen LogP contribution in [0.5, 0.6) is 0 Å². The Morgan fingerprint density at radius 2 is 1.95 bits per heavy atom. The first-order valence-electron chi connectivity index (χ1n) is 6.51. The van der Waals surface area contributed by atoms with Crippen molar-refractivity contribution >= 4 is 11.9 Å². The molecule has 0 aliphatic carbocycles. The maximum atomic E-state index is 11.8. The number of hydrogen-bond donors (Lipinski definition) is 2. The number of carbonyl (C=O) groups excluding carboxylic acids is 1. The third kappa shape index (κ3) is 4.59. The number of carbonyl (C=O) groups is 2. The van der Waals surface area contributed by atoms with Crippen molar-refractivity contribution in [2.45, 2.75) is 32.9 Å². The third-order valence-corrected chi connectivity index (χ3v) is 2.91. The number of nitrogens with zero attached hydrogens (tertiary/aromatic N) is 2. The molecule has 2 N–H and O–H groups in total. The number of nitrogens with one attached hydrogen (secondary N) is 1. The molecule has 1 heterocycles. The Morgan fingerprint density at radius 1 is 1.33 bits per heavy atom. The van der Waals surface area contributed by atoms with E-state index in [1.807, 2.05) is 13.8 Å². The van der Waals surface area contributed by atoms with Gasteiger partial charge in [-0.3, -0.25) is 18.7 Å². The Morgan fingerprint density at radius 3 is 2.48 bits per heavy atom. The summed E-state index contributed by atoms with van der Waals surface area (Å²) < 4.78 is 1.92. The van der Waals surface area contributed by atoms with E-state index < -0.39 is 29.2 Å². The highest BCUT2D eigenvalue weighted by Gasteiger charge is 2.21. The molecule has 0 aliphatic heterocycles. The van der Waals surface area contributed by atoms with E-state index in [-0.39, 0.29) is 12.5 Å². The fraction of sp³-hybridized carbons (Fsp3) is 0.538. The summed E-state index contributed by atoms with van der Waals surface area (Å²) in [4.78, 5) is 45.9. The lowest BCUT2D eigenvalue weighted by atomic mass is 10.0. The molecule has 0 radical (unpaired) electrons. The molecule has 8 heteroatoms. The highest BCUT2D eigenvalue weighted by molar-refractivity contribution is 5.83. The number of aliphatic carboxylic acids is 1. The normalized spacial score (nSPS) is 12.2. The average Bonchev–Trinajstić information content (AvgIpc) is 2.38. The van der Waals surface area contributed by atoms with Gasteiger partial charge in [0.15, 0.2) is 0 Å². The second-order valence-electron chi connectivity index (χ2n) is 5.21. The van der Waals surface area contributed by atoms with Crippen LogP contribution >= 0.6 is 0 Å². The summed E-state index contributed by atoms with van der Waals surface area (Å²) >= 11 is 0. The lowest BCUT2D eigenvalue weighted by molar-refractivity contribution is -0.142. The zero-order chi connectivity index (χ0) is 16.2. The molecule has 0 aliphatic rings. The monoisotopic (exact) mass is 297 g/mol. The number of amides is 1. The largest absolute Gasteiger partial charge is 0.480 e. The molecule has 0 unspecified atom stereocenters. The zero-order valence-corrected chi connectivity index (χ0v) is 12.2. The van der Waals surface area contributed by atoms with E-state index in [0.29, 0.717) is 6.42 Å². The second kappa shape index (κ2) is 6.87. The molecule has 116 valence electrons. The molecule has 0 aromatic carbocycles. The van der Waals surface area contributed by atoms with Crippen LogP contribution < -0.4 is 16.6 Å². The minimum Gasteiger partial charge on any atom is -0.480 e. The van der Waals surface area contributed by atoms with Gasteiger partial charge in [0.2, 0.25) is 5.91 Å². The van der Waals surface area contributed by atoms with Crippen LogP contribution in [0.4, 0.5) is 0 Å². The highest BCUT2D eigenvalue weighted by Crippen LogP contribution is 2.04. The Hall–Kier alpha value is -2.38. The Labute approximate surface area is 121 Å². The molecule has 0 saturated carbocycles. The molecule has 21 heavy (non-hydrogen) atoms. The first-order chi connectivity index (χ1) is 9.72. The number of carboxylic acid groups (broad SMARTS) is 1. The highest BCUT2D eigenvalue weighted by atomic mass is 16.4. The lowest BCUT2D eigenvalue weighted by Crippen LogP contribution is -2.45. The predicted octanol–water partition coefficient (Wildman–Crippen LogP) is -0.837. The number of aromatic nitrogens is 2. The average molecular weight is 297 g/mol. The summed E-state index contributed by atoms with van der Waals surface area (Å²) in [6.45, 7) is 3.36. The van der Waals surface area contributed by atoms with Crippen molar-refractivity contribution in [2.75, 3.05) is 0 Å². The van der Waals surface area contributed by atoms with E-state index in [1.54, 1.807) is 0 Å². The maximum Gasteiger partial charge on any atom is 0.331 e. The van der Waals surface area contributed by atoms with Gasteiger partial charge in [-0.25, -0.2) is 9.59 Å². The number of rotatable bonds is 6. The van der Waals surface area contributed by atoms with E-state index in [2.05, 4.69) is 5.32 Å². The first-order valence-corrected chi connectivity index (χ1v) is 6.51. The van der Waals surface area contributed by atoms with Gasteiger partial charge >= 0.3 is 11.7 Å². The van der Waals surface area contributed by atoms with Crippen LogP contribution in [-0.4, -0.2) is 32.2 Å². The molecule has 1 atom stereocenters. The molecule has 0 spiro atoms. The molecular formula is C13H19N3O5. The smallest absolute Gasteiger partial charge is 0.331 e. The molecule has 1 aromatic heterocycles. The summed E-state index contributed by atoms with van der Waals surface area (Å²) in [5, 5.41) is 11.4.